The van der Waals surface area contributed by atoms with Crippen molar-refractivity contribution < 1.29 is 47.5 Å². The fraction of sp³-hybridized carbons (Fsp3) is 0.417. The van der Waals surface area contributed by atoms with Gasteiger partial charge in [0.2, 0.25) is 0 Å². The molecule has 0 aliphatic heterocycles. The zero-order chi connectivity index (χ0) is 49.4. The van der Waals surface area contributed by atoms with E-state index in [1.165, 1.54) is 12.1 Å². The van der Waals surface area contributed by atoms with Crippen molar-refractivity contribution in [2.45, 2.75) is 123 Å². The van der Waals surface area contributed by atoms with Gasteiger partial charge in [-0.3, -0.25) is 0 Å². The van der Waals surface area contributed by atoms with Crippen molar-refractivity contribution >= 4 is 28.7 Å². The first kappa shape index (κ1) is 54.2. The standard InChI is InChI=1S/C60H72O10/c1-4-7-9-12-21-43-69-60(63)56-46-55(70-59(62)49-28-33-53(34-29-49)64-38-8-5-2)36-37-57(56)67-41-19-14-11-10-13-17-39-65-52-31-25-47(26-32-52)22-23-48-24-27-51-45-54(35-30-50(51)44-48)66-40-18-15-16-20-42-68-58(61)6-3/h6,24-37,44-46H,3-5,7-21,38-43H2,1-2H3. The van der Waals surface area contributed by atoms with Gasteiger partial charge < -0.3 is 33.2 Å². The Balaban J connectivity index is 0.969. The van der Waals surface area contributed by atoms with Crippen LogP contribution in [0.5, 0.6) is 28.7 Å². The fourth-order valence-electron chi connectivity index (χ4n) is 7.43. The molecule has 0 heterocycles. The minimum absolute atomic E-state index is 0.241. The number of unbranched alkanes of at least 4 members (excludes halogenated alkanes) is 13. The summed E-state index contributed by atoms with van der Waals surface area (Å²) < 4.78 is 40.1. The van der Waals surface area contributed by atoms with Crippen LogP contribution in [0.25, 0.3) is 10.8 Å². The van der Waals surface area contributed by atoms with Crippen LogP contribution in [0.4, 0.5) is 0 Å². The molecule has 0 fully saturated rings. The molecule has 10 nitrogen and oxygen atoms in total. The fourth-order valence-corrected chi connectivity index (χ4v) is 7.43. The van der Waals surface area contributed by atoms with Crippen LogP contribution < -0.4 is 23.7 Å². The Morgan fingerprint density at radius 3 is 1.59 bits per heavy atom. The molecule has 0 bridgehead atoms. The maximum Gasteiger partial charge on any atom is 0.343 e. The second-order valence-corrected chi connectivity index (χ2v) is 17.3. The van der Waals surface area contributed by atoms with Gasteiger partial charge in [0.05, 0.1) is 45.2 Å². The number of rotatable bonds is 33. The van der Waals surface area contributed by atoms with Crippen LogP contribution in [-0.2, 0) is 14.3 Å². The Bertz CT molecular complexity index is 2410. The topological polar surface area (TPSA) is 116 Å². The van der Waals surface area contributed by atoms with Gasteiger partial charge in [-0.2, -0.15) is 0 Å². The maximum atomic E-state index is 13.3. The van der Waals surface area contributed by atoms with E-state index < -0.39 is 11.9 Å². The zero-order valence-corrected chi connectivity index (χ0v) is 41.4. The molecule has 70 heavy (non-hydrogen) atoms. The van der Waals surface area contributed by atoms with E-state index in [2.05, 4.69) is 56.5 Å². The minimum Gasteiger partial charge on any atom is -0.494 e. The monoisotopic (exact) mass is 953 g/mol. The largest absolute Gasteiger partial charge is 0.494 e. The Kier molecular flexibility index (Phi) is 24.9. The molecule has 0 aliphatic rings. The molecule has 0 radical (unpaired) electrons. The van der Waals surface area contributed by atoms with E-state index in [0.29, 0.717) is 56.7 Å². The summed E-state index contributed by atoms with van der Waals surface area (Å²) in [6.07, 6.45) is 18.2. The van der Waals surface area contributed by atoms with Gasteiger partial charge in [0.25, 0.3) is 0 Å². The van der Waals surface area contributed by atoms with Crippen molar-refractivity contribution in [3.05, 3.63) is 138 Å². The van der Waals surface area contributed by atoms with E-state index in [-0.39, 0.29) is 17.3 Å². The number of esters is 3. The van der Waals surface area contributed by atoms with Gasteiger partial charge in [0.15, 0.2) is 0 Å². The SMILES string of the molecule is C=CC(=O)OCCCCCCOc1ccc2cc(C#Cc3ccc(OCCCCCCCCOc4ccc(OC(=O)c5ccc(OCCCC)cc5)cc4C(=O)OCCCCCCC)cc3)ccc2c1. The molecule has 5 aromatic carbocycles. The highest BCUT2D eigenvalue weighted by molar-refractivity contribution is 5.94. The van der Waals surface area contributed by atoms with Crippen molar-refractivity contribution in [1.29, 1.82) is 0 Å². The molecule has 0 aliphatic carbocycles. The van der Waals surface area contributed by atoms with Crippen molar-refractivity contribution in [2.75, 3.05) is 39.6 Å². The van der Waals surface area contributed by atoms with E-state index in [1.54, 1.807) is 36.4 Å². The van der Waals surface area contributed by atoms with Gasteiger partial charge in [-0.25, -0.2) is 14.4 Å². The first-order chi connectivity index (χ1) is 34.3. The minimum atomic E-state index is -0.531. The summed E-state index contributed by atoms with van der Waals surface area (Å²) in [5.74, 6) is 8.20. The predicted octanol–water partition coefficient (Wildman–Crippen LogP) is 14.2. The quantitative estimate of drug-likeness (QED) is 0.0132. The summed E-state index contributed by atoms with van der Waals surface area (Å²) in [6, 6.07) is 32.0. The smallest absolute Gasteiger partial charge is 0.343 e. The van der Waals surface area contributed by atoms with E-state index in [0.717, 1.165) is 143 Å². The summed E-state index contributed by atoms with van der Waals surface area (Å²) in [7, 11) is 0. The average Bonchev–Trinajstić information content (AvgIpc) is 3.38. The third-order valence-corrected chi connectivity index (χ3v) is 11.5. The predicted molar refractivity (Wildman–Crippen MR) is 277 cm³/mol. The average molecular weight is 953 g/mol. The number of carbonyl (C=O) groups excluding carboxylic acids is 3. The van der Waals surface area contributed by atoms with E-state index >= 15 is 0 Å². The Labute approximate surface area is 416 Å². The van der Waals surface area contributed by atoms with Crippen LogP contribution in [0.3, 0.4) is 0 Å². The molecule has 0 amide bonds. The third-order valence-electron chi connectivity index (χ3n) is 11.5. The number of carbonyl (C=O) groups is 3. The van der Waals surface area contributed by atoms with Crippen molar-refractivity contribution in [2.24, 2.45) is 0 Å². The number of benzene rings is 5. The Morgan fingerprint density at radius 2 is 0.929 bits per heavy atom. The zero-order valence-electron chi connectivity index (χ0n) is 41.4. The molecule has 372 valence electrons. The van der Waals surface area contributed by atoms with Crippen molar-refractivity contribution in [1.82, 2.24) is 0 Å². The second-order valence-electron chi connectivity index (χ2n) is 17.3. The van der Waals surface area contributed by atoms with Gasteiger partial charge >= 0.3 is 17.9 Å². The number of ether oxygens (including phenoxy) is 7. The molecule has 0 atom stereocenters. The summed E-state index contributed by atoms with van der Waals surface area (Å²) >= 11 is 0. The molecule has 0 unspecified atom stereocenters. The lowest BCUT2D eigenvalue weighted by Crippen LogP contribution is -2.12. The Hall–Kier alpha value is -6.73. The summed E-state index contributed by atoms with van der Waals surface area (Å²) in [5, 5.41) is 2.21. The maximum absolute atomic E-state index is 13.3. The first-order valence-corrected chi connectivity index (χ1v) is 25.4. The highest BCUT2D eigenvalue weighted by atomic mass is 16.5. The number of hydrogen-bond donors (Lipinski definition) is 0. The molecular weight excluding hydrogens is 881 g/mol. The van der Waals surface area contributed by atoms with Crippen LogP contribution in [0.15, 0.2) is 116 Å². The molecule has 0 aromatic heterocycles. The van der Waals surface area contributed by atoms with Crippen molar-refractivity contribution in [3.63, 3.8) is 0 Å². The number of fused-ring (bicyclic) bond motifs is 1. The third kappa shape index (κ3) is 20.5. The van der Waals surface area contributed by atoms with Crippen LogP contribution in [-0.4, -0.2) is 57.5 Å². The van der Waals surface area contributed by atoms with Crippen LogP contribution >= 0.6 is 0 Å². The summed E-state index contributed by atoms with van der Waals surface area (Å²) in [5.41, 5.74) is 2.49. The number of hydrogen-bond acceptors (Lipinski definition) is 10. The highest BCUT2D eigenvalue weighted by Gasteiger charge is 2.18. The molecule has 0 N–H and O–H groups in total. The molecule has 5 rings (SSSR count). The highest BCUT2D eigenvalue weighted by Crippen LogP contribution is 2.28. The van der Waals surface area contributed by atoms with E-state index in [1.807, 2.05) is 36.4 Å². The van der Waals surface area contributed by atoms with E-state index in [9.17, 15) is 14.4 Å². The van der Waals surface area contributed by atoms with Gasteiger partial charge in [0, 0.05) is 17.2 Å². The van der Waals surface area contributed by atoms with Gasteiger partial charge in [-0.1, -0.05) is 102 Å². The molecule has 0 spiro atoms. The van der Waals surface area contributed by atoms with Gasteiger partial charge in [0.1, 0.15) is 34.3 Å². The van der Waals surface area contributed by atoms with Gasteiger partial charge in [-0.15, -0.1) is 0 Å². The van der Waals surface area contributed by atoms with Crippen LogP contribution in [0.1, 0.15) is 155 Å². The van der Waals surface area contributed by atoms with Crippen molar-refractivity contribution in [3.8, 4) is 40.6 Å². The lowest BCUT2D eigenvalue weighted by molar-refractivity contribution is -0.137. The lowest BCUT2D eigenvalue weighted by atomic mass is 10.1. The lowest BCUT2D eigenvalue weighted by Gasteiger charge is -2.13. The normalized spacial score (nSPS) is 10.7. The van der Waals surface area contributed by atoms with Crippen LogP contribution in [0, 0.1) is 11.8 Å². The molecular formula is C60H72O10. The molecule has 5 aromatic rings. The van der Waals surface area contributed by atoms with Gasteiger partial charge in [-0.05, 0) is 153 Å². The first-order valence-electron chi connectivity index (χ1n) is 25.4. The molecule has 10 heteroatoms. The summed E-state index contributed by atoms with van der Waals surface area (Å²) in [4.78, 5) is 37.4. The second kappa shape index (κ2) is 32.2. The Morgan fingerprint density at radius 1 is 0.443 bits per heavy atom. The molecule has 0 saturated carbocycles. The molecule has 0 saturated heterocycles. The summed E-state index contributed by atoms with van der Waals surface area (Å²) in [6.45, 7) is 10.8. The van der Waals surface area contributed by atoms with Crippen LogP contribution in [0.2, 0.25) is 0 Å². The van der Waals surface area contributed by atoms with E-state index in [4.69, 9.17) is 33.2 Å².